The molecule has 0 spiro atoms. The number of nitrogens with one attached hydrogen (secondary N) is 3. The van der Waals surface area contributed by atoms with E-state index in [4.69, 9.17) is 28.9 Å². The lowest BCUT2D eigenvalue weighted by atomic mass is 10.1. The van der Waals surface area contributed by atoms with Crippen molar-refractivity contribution >= 4 is 62.9 Å². The smallest absolute Gasteiger partial charge is 0.271 e. The van der Waals surface area contributed by atoms with Crippen molar-refractivity contribution in [1.29, 1.82) is 0 Å². The number of anilines is 4. The summed E-state index contributed by atoms with van der Waals surface area (Å²) in [7, 11) is 0. The lowest BCUT2D eigenvalue weighted by molar-refractivity contribution is 0.0962. The van der Waals surface area contributed by atoms with Crippen molar-refractivity contribution in [2.24, 2.45) is 0 Å². The van der Waals surface area contributed by atoms with E-state index < -0.39 is 5.91 Å². The fourth-order valence-electron chi connectivity index (χ4n) is 2.91. The summed E-state index contributed by atoms with van der Waals surface area (Å²) in [6.07, 6.45) is 1.34. The number of carbonyl (C=O) groups is 1. The lowest BCUT2D eigenvalue weighted by Crippen LogP contribution is -2.30. The fourth-order valence-corrected chi connectivity index (χ4v) is 3.41. The van der Waals surface area contributed by atoms with Crippen molar-refractivity contribution in [3.8, 4) is 0 Å². The average Bonchev–Trinajstić information content (AvgIpc) is 2.74. The van der Waals surface area contributed by atoms with Gasteiger partial charge in [0.25, 0.3) is 5.91 Å². The van der Waals surface area contributed by atoms with E-state index in [2.05, 4.69) is 26.1 Å². The van der Waals surface area contributed by atoms with Gasteiger partial charge in [-0.2, -0.15) is 0 Å². The summed E-state index contributed by atoms with van der Waals surface area (Å²) in [5.74, 6) is 0.187. The number of benzene rings is 3. The number of carbonyl (C=O) groups excluding carboxylic acids is 1. The Hall–Kier alpha value is -3.55. The number of hydrazine groups is 1. The van der Waals surface area contributed by atoms with Gasteiger partial charge in [-0.05, 0) is 29.7 Å². The van der Waals surface area contributed by atoms with E-state index in [1.165, 1.54) is 18.5 Å². The Labute approximate surface area is 182 Å². The molecule has 4 aromatic rings. The maximum Gasteiger partial charge on any atom is 0.271 e. The number of aromatic nitrogens is 2. The van der Waals surface area contributed by atoms with Gasteiger partial charge in [0, 0.05) is 16.1 Å². The van der Waals surface area contributed by atoms with E-state index >= 15 is 0 Å². The fraction of sp³-hybridized carbons (Fsp3) is 0. The van der Waals surface area contributed by atoms with Crippen LogP contribution in [-0.4, -0.2) is 15.9 Å². The first-order chi connectivity index (χ1) is 14.5. The van der Waals surface area contributed by atoms with Crippen LogP contribution in [0.1, 0.15) is 10.4 Å². The molecule has 3 aromatic carbocycles. The van der Waals surface area contributed by atoms with Crippen LogP contribution < -0.4 is 21.9 Å². The van der Waals surface area contributed by atoms with Gasteiger partial charge in [0.05, 0.1) is 10.6 Å². The first-order valence-corrected chi connectivity index (χ1v) is 9.65. The third-order valence-corrected chi connectivity index (χ3v) is 4.94. The van der Waals surface area contributed by atoms with Gasteiger partial charge in [0.15, 0.2) is 11.6 Å². The van der Waals surface area contributed by atoms with Gasteiger partial charge in [-0.3, -0.25) is 15.6 Å². The molecule has 0 atom stereocenters. The number of nitrogens with zero attached hydrogens (tertiary/aromatic N) is 2. The molecule has 0 saturated carbocycles. The minimum Gasteiger partial charge on any atom is -0.393 e. The molecule has 7 nitrogen and oxygen atoms in total. The predicted octanol–water partition coefficient (Wildman–Crippen LogP) is 5.02. The molecule has 4 rings (SSSR count). The van der Waals surface area contributed by atoms with Crippen molar-refractivity contribution in [3.63, 3.8) is 0 Å². The van der Waals surface area contributed by atoms with Gasteiger partial charge >= 0.3 is 0 Å². The molecule has 5 N–H and O–H groups in total. The van der Waals surface area contributed by atoms with Gasteiger partial charge in [0.2, 0.25) is 0 Å². The highest BCUT2D eigenvalue weighted by atomic mass is 35.5. The summed E-state index contributed by atoms with van der Waals surface area (Å²) in [5, 5.41) is 6.01. The Morgan fingerprint density at radius 2 is 1.70 bits per heavy atom. The first kappa shape index (κ1) is 19.8. The molecule has 1 aromatic heterocycles. The van der Waals surface area contributed by atoms with Crippen LogP contribution in [0.3, 0.4) is 0 Å². The zero-order chi connectivity index (χ0) is 21.1. The Bertz CT molecular complexity index is 1240. The molecule has 0 saturated heterocycles. The molecular formula is C21H16Cl2N6O. The van der Waals surface area contributed by atoms with E-state index in [0.29, 0.717) is 10.8 Å². The van der Waals surface area contributed by atoms with Crippen LogP contribution in [0.4, 0.5) is 23.0 Å². The normalized spacial score (nSPS) is 10.6. The Kier molecular flexibility index (Phi) is 5.56. The second-order valence-electron chi connectivity index (χ2n) is 6.34. The second-order valence-corrected chi connectivity index (χ2v) is 7.18. The molecule has 0 aliphatic heterocycles. The maximum atomic E-state index is 12.4. The minimum absolute atomic E-state index is 0.232. The molecule has 0 radical (unpaired) electrons. The summed E-state index contributed by atoms with van der Waals surface area (Å²) in [6, 6.07) is 18.4. The molecule has 150 valence electrons. The molecule has 0 unspecified atom stereocenters. The SMILES string of the molecule is Nc1c(NNC(=O)c2ccc(Cl)cc2Cl)ncnc1Nc1cccc2ccccc12. The topological polar surface area (TPSA) is 105 Å². The van der Waals surface area contributed by atoms with E-state index in [1.807, 2.05) is 42.5 Å². The molecule has 0 bridgehead atoms. The average molecular weight is 439 g/mol. The van der Waals surface area contributed by atoms with Crippen molar-refractivity contribution in [3.05, 3.63) is 82.6 Å². The number of amides is 1. The van der Waals surface area contributed by atoms with Gasteiger partial charge in [-0.1, -0.05) is 59.6 Å². The molecule has 0 fully saturated rings. The summed E-state index contributed by atoms with van der Waals surface area (Å²) in [6.45, 7) is 0. The summed E-state index contributed by atoms with van der Waals surface area (Å²) in [5.41, 5.74) is 12.8. The quantitative estimate of drug-likeness (QED) is 0.326. The van der Waals surface area contributed by atoms with Crippen LogP contribution >= 0.6 is 23.2 Å². The van der Waals surface area contributed by atoms with Gasteiger partial charge in [-0.25, -0.2) is 9.97 Å². The third kappa shape index (κ3) is 4.07. The van der Waals surface area contributed by atoms with Crippen LogP contribution in [0.25, 0.3) is 10.8 Å². The van der Waals surface area contributed by atoms with Crippen LogP contribution in [-0.2, 0) is 0 Å². The van der Waals surface area contributed by atoms with Crippen molar-refractivity contribution in [1.82, 2.24) is 15.4 Å². The molecule has 1 heterocycles. The molecule has 1 amide bonds. The van der Waals surface area contributed by atoms with E-state index in [0.717, 1.165) is 16.5 Å². The Morgan fingerprint density at radius 1 is 0.933 bits per heavy atom. The predicted molar refractivity (Wildman–Crippen MR) is 121 cm³/mol. The number of nitrogen functional groups attached to an aromatic ring is 1. The summed E-state index contributed by atoms with van der Waals surface area (Å²) in [4.78, 5) is 20.7. The zero-order valence-electron chi connectivity index (χ0n) is 15.5. The highest BCUT2D eigenvalue weighted by molar-refractivity contribution is 6.36. The van der Waals surface area contributed by atoms with Gasteiger partial charge < -0.3 is 11.1 Å². The Balaban J connectivity index is 1.54. The first-order valence-electron chi connectivity index (χ1n) is 8.89. The second kappa shape index (κ2) is 8.44. The molecule has 0 aliphatic carbocycles. The maximum absolute atomic E-state index is 12.4. The summed E-state index contributed by atoms with van der Waals surface area (Å²) >= 11 is 11.9. The monoisotopic (exact) mass is 438 g/mol. The minimum atomic E-state index is -0.460. The third-order valence-electron chi connectivity index (χ3n) is 4.40. The largest absolute Gasteiger partial charge is 0.393 e. The van der Waals surface area contributed by atoms with E-state index in [-0.39, 0.29) is 22.1 Å². The molecule has 30 heavy (non-hydrogen) atoms. The highest BCUT2D eigenvalue weighted by Crippen LogP contribution is 2.30. The van der Waals surface area contributed by atoms with Crippen molar-refractivity contribution < 1.29 is 4.79 Å². The van der Waals surface area contributed by atoms with Gasteiger partial charge in [-0.15, -0.1) is 0 Å². The number of hydrogen-bond acceptors (Lipinski definition) is 6. The van der Waals surface area contributed by atoms with Crippen LogP contribution in [0.5, 0.6) is 0 Å². The zero-order valence-corrected chi connectivity index (χ0v) is 17.0. The number of fused-ring (bicyclic) bond motifs is 1. The number of halogens is 2. The Morgan fingerprint density at radius 3 is 2.53 bits per heavy atom. The van der Waals surface area contributed by atoms with Crippen LogP contribution in [0.15, 0.2) is 67.0 Å². The van der Waals surface area contributed by atoms with E-state index in [1.54, 1.807) is 6.07 Å². The van der Waals surface area contributed by atoms with Crippen LogP contribution in [0, 0.1) is 0 Å². The molecule has 9 heteroatoms. The molecular weight excluding hydrogens is 423 g/mol. The van der Waals surface area contributed by atoms with Crippen molar-refractivity contribution in [2.45, 2.75) is 0 Å². The standard InChI is InChI=1S/C21H16Cl2N6O/c22-13-8-9-15(16(23)10-13)21(30)29-28-20-18(24)19(25-11-26-20)27-17-7-3-5-12-4-1-2-6-14(12)17/h1-11H,24H2,(H,29,30)(H2,25,26,27,28). The number of hydrogen-bond donors (Lipinski definition) is 4. The highest BCUT2D eigenvalue weighted by Gasteiger charge is 2.13. The van der Waals surface area contributed by atoms with E-state index in [9.17, 15) is 4.79 Å². The van der Waals surface area contributed by atoms with Gasteiger partial charge in [0.1, 0.15) is 12.0 Å². The number of rotatable bonds is 5. The number of nitrogens with two attached hydrogens (primary N) is 1. The lowest BCUT2D eigenvalue weighted by Gasteiger charge is -2.14. The molecule has 0 aliphatic rings. The van der Waals surface area contributed by atoms with Crippen molar-refractivity contribution in [2.75, 3.05) is 16.5 Å². The van der Waals surface area contributed by atoms with Crippen LogP contribution in [0.2, 0.25) is 10.0 Å². The summed E-state index contributed by atoms with van der Waals surface area (Å²) < 4.78 is 0.